The lowest BCUT2D eigenvalue weighted by Crippen LogP contribution is -2.40. The molecule has 148 valence electrons. The number of anilines is 1. The Morgan fingerprint density at radius 3 is 2.64 bits per heavy atom. The van der Waals surface area contributed by atoms with Crippen molar-refractivity contribution in [3.8, 4) is 0 Å². The smallest absolute Gasteiger partial charge is 0.253 e. The van der Waals surface area contributed by atoms with Crippen molar-refractivity contribution < 1.29 is 14.7 Å². The van der Waals surface area contributed by atoms with Crippen molar-refractivity contribution in [2.24, 2.45) is 0 Å². The lowest BCUT2D eigenvalue weighted by Gasteiger charge is -2.29. The predicted molar refractivity (Wildman–Crippen MR) is 113 cm³/mol. The maximum Gasteiger partial charge on any atom is 0.253 e. The van der Waals surface area contributed by atoms with E-state index in [1.54, 1.807) is 29.2 Å². The molecule has 3 rings (SSSR count). The van der Waals surface area contributed by atoms with Crippen molar-refractivity contribution in [2.45, 2.75) is 30.3 Å². The van der Waals surface area contributed by atoms with Crippen LogP contribution in [0.2, 0.25) is 5.02 Å². The summed E-state index contributed by atoms with van der Waals surface area (Å²) in [5.74, 6) is 0.437. The first kappa shape index (κ1) is 20.7. The number of aliphatic hydroxyl groups is 1. The summed E-state index contributed by atoms with van der Waals surface area (Å²) in [6.45, 7) is 1.10. The zero-order valence-electron chi connectivity index (χ0n) is 15.4. The minimum absolute atomic E-state index is 0.0720. The van der Waals surface area contributed by atoms with Crippen LogP contribution in [0.4, 0.5) is 5.69 Å². The summed E-state index contributed by atoms with van der Waals surface area (Å²) < 4.78 is 0. The van der Waals surface area contributed by atoms with Crippen LogP contribution in [-0.2, 0) is 4.79 Å². The molecule has 0 saturated carbocycles. The second kappa shape index (κ2) is 9.96. The van der Waals surface area contributed by atoms with Gasteiger partial charge in [0.15, 0.2) is 0 Å². The van der Waals surface area contributed by atoms with Crippen molar-refractivity contribution in [2.75, 3.05) is 24.2 Å². The average molecular weight is 419 g/mol. The fraction of sp³-hybridized carbons (Fsp3) is 0.333. The van der Waals surface area contributed by atoms with Gasteiger partial charge in [-0.15, -0.1) is 11.8 Å². The molecule has 2 N–H and O–H groups in total. The van der Waals surface area contributed by atoms with Crippen LogP contribution in [0.15, 0.2) is 53.4 Å². The Balaban J connectivity index is 1.51. The number of hydrogen-bond acceptors (Lipinski definition) is 4. The first-order valence-corrected chi connectivity index (χ1v) is 10.6. The van der Waals surface area contributed by atoms with E-state index in [0.29, 0.717) is 54.4 Å². The van der Waals surface area contributed by atoms with Gasteiger partial charge < -0.3 is 15.3 Å². The van der Waals surface area contributed by atoms with Gasteiger partial charge in [-0.25, -0.2) is 0 Å². The third kappa shape index (κ3) is 5.74. The van der Waals surface area contributed by atoms with E-state index in [0.717, 1.165) is 4.90 Å². The van der Waals surface area contributed by atoms with E-state index in [-0.39, 0.29) is 17.9 Å². The number of carbonyl (C=O) groups is 2. The number of carbonyl (C=O) groups excluding carboxylic acids is 2. The molecule has 2 aromatic carbocycles. The summed E-state index contributed by atoms with van der Waals surface area (Å²) in [6.07, 6.45) is 1.23. The third-order valence-electron chi connectivity index (χ3n) is 4.57. The Kier molecular flexibility index (Phi) is 7.36. The third-order valence-corrected chi connectivity index (χ3v) is 6.09. The summed E-state index contributed by atoms with van der Waals surface area (Å²) in [4.78, 5) is 27.5. The quantitative estimate of drug-likeness (QED) is 0.694. The Labute approximate surface area is 174 Å². The molecule has 0 unspecified atom stereocenters. The van der Waals surface area contributed by atoms with E-state index in [2.05, 4.69) is 5.32 Å². The Bertz CT molecular complexity index is 838. The molecule has 1 aliphatic heterocycles. The molecule has 0 radical (unpaired) electrons. The molecule has 2 amide bonds. The number of thioether (sulfide) groups is 1. The van der Waals surface area contributed by atoms with Crippen molar-refractivity contribution in [3.05, 3.63) is 59.1 Å². The van der Waals surface area contributed by atoms with Crippen molar-refractivity contribution in [3.63, 3.8) is 0 Å². The van der Waals surface area contributed by atoms with Gasteiger partial charge in [0.2, 0.25) is 5.91 Å². The number of halogens is 1. The summed E-state index contributed by atoms with van der Waals surface area (Å²) in [6, 6.07) is 14.5. The van der Waals surface area contributed by atoms with E-state index in [4.69, 9.17) is 11.6 Å². The molecule has 0 aromatic heterocycles. The molecule has 1 aliphatic rings. The summed E-state index contributed by atoms with van der Waals surface area (Å²) in [5.41, 5.74) is 1.15. The number of rotatable bonds is 6. The van der Waals surface area contributed by atoms with Crippen LogP contribution in [0, 0.1) is 0 Å². The summed E-state index contributed by atoms with van der Waals surface area (Å²) in [7, 11) is 0. The van der Waals surface area contributed by atoms with Gasteiger partial charge in [-0.3, -0.25) is 9.59 Å². The molecule has 28 heavy (non-hydrogen) atoms. The average Bonchev–Trinajstić information content (AvgIpc) is 2.70. The number of piperidine rings is 1. The number of likely N-dealkylation sites (tertiary alicyclic amines) is 1. The van der Waals surface area contributed by atoms with Crippen molar-refractivity contribution in [1.29, 1.82) is 0 Å². The Morgan fingerprint density at radius 2 is 1.89 bits per heavy atom. The normalized spacial score (nSPS) is 14.7. The van der Waals surface area contributed by atoms with Gasteiger partial charge >= 0.3 is 0 Å². The standard InChI is InChI=1S/C21H23ClN2O3S/c22-18-6-1-2-7-19(18)28-13-10-20(26)23-16-5-3-4-15(14-16)21(27)24-11-8-17(25)9-12-24/h1-7,14,17,25H,8-13H2,(H,23,26). The first-order valence-electron chi connectivity index (χ1n) is 9.27. The van der Waals surface area contributed by atoms with E-state index in [9.17, 15) is 14.7 Å². The fourth-order valence-corrected chi connectivity index (χ4v) is 4.21. The molecule has 0 aliphatic carbocycles. The highest BCUT2D eigenvalue weighted by Crippen LogP contribution is 2.27. The van der Waals surface area contributed by atoms with Crippen molar-refractivity contribution in [1.82, 2.24) is 4.90 Å². The van der Waals surface area contributed by atoms with E-state index >= 15 is 0 Å². The molecule has 2 aromatic rings. The first-order chi connectivity index (χ1) is 13.5. The van der Waals surface area contributed by atoms with E-state index in [1.165, 1.54) is 11.8 Å². The van der Waals surface area contributed by atoms with Gasteiger partial charge in [0.05, 0.1) is 11.1 Å². The number of hydrogen-bond donors (Lipinski definition) is 2. The van der Waals surface area contributed by atoms with Gasteiger partial charge in [-0.05, 0) is 43.2 Å². The SMILES string of the molecule is O=C(CCSc1ccccc1Cl)Nc1cccc(C(=O)N2CCC(O)CC2)c1. The minimum atomic E-state index is -0.321. The molecule has 0 atom stereocenters. The lowest BCUT2D eigenvalue weighted by atomic mass is 10.1. The van der Waals surface area contributed by atoms with E-state index < -0.39 is 0 Å². The van der Waals surface area contributed by atoms with Gasteiger partial charge in [0.25, 0.3) is 5.91 Å². The fourth-order valence-electron chi connectivity index (χ4n) is 3.02. The minimum Gasteiger partial charge on any atom is -0.393 e. The molecule has 7 heteroatoms. The van der Waals surface area contributed by atoms with Crippen LogP contribution in [-0.4, -0.2) is 46.8 Å². The number of aliphatic hydroxyl groups excluding tert-OH is 1. The van der Waals surface area contributed by atoms with Crippen LogP contribution >= 0.6 is 23.4 Å². The predicted octanol–water partition coefficient (Wildman–Crippen LogP) is 4.06. The zero-order chi connectivity index (χ0) is 19.9. The molecular weight excluding hydrogens is 396 g/mol. The van der Waals surface area contributed by atoms with Crippen LogP contribution in [0.5, 0.6) is 0 Å². The highest BCUT2D eigenvalue weighted by Gasteiger charge is 2.22. The Morgan fingerprint density at radius 1 is 1.14 bits per heavy atom. The van der Waals surface area contributed by atoms with Gasteiger partial charge in [-0.1, -0.05) is 29.8 Å². The molecule has 5 nitrogen and oxygen atoms in total. The molecule has 0 bridgehead atoms. The largest absolute Gasteiger partial charge is 0.393 e. The number of nitrogens with one attached hydrogen (secondary N) is 1. The number of benzene rings is 2. The van der Waals surface area contributed by atoms with Gasteiger partial charge in [-0.2, -0.15) is 0 Å². The second-order valence-corrected chi connectivity index (χ2v) is 8.23. The lowest BCUT2D eigenvalue weighted by molar-refractivity contribution is -0.115. The summed E-state index contributed by atoms with van der Waals surface area (Å²) in [5, 5.41) is 13.1. The Hall–Kier alpha value is -2.02. The highest BCUT2D eigenvalue weighted by molar-refractivity contribution is 7.99. The highest BCUT2D eigenvalue weighted by atomic mass is 35.5. The number of nitrogens with zero attached hydrogens (tertiary/aromatic N) is 1. The van der Waals surface area contributed by atoms with Crippen LogP contribution < -0.4 is 5.32 Å². The van der Waals surface area contributed by atoms with E-state index in [1.807, 2.05) is 24.3 Å². The van der Waals surface area contributed by atoms with Crippen molar-refractivity contribution >= 4 is 40.9 Å². The maximum atomic E-state index is 12.6. The van der Waals surface area contributed by atoms with Gasteiger partial charge in [0, 0.05) is 41.4 Å². The second-order valence-electron chi connectivity index (χ2n) is 6.68. The van der Waals surface area contributed by atoms with Crippen LogP contribution in [0.1, 0.15) is 29.6 Å². The van der Waals surface area contributed by atoms with Crippen LogP contribution in [0.3, 0.4) is 0 Å². The van der Waals surface area contributed by atoms with Gasteiger partial charge in [0.1, 0.15) is 0 Å². The number of amides is 2. The monoisotopic (exact) mass is 418 g/mol. The summed E-state index contributed by atoms with van der Waals surface area (Å²) >= 11 is 7.66. The maximum absolute atomic E-state index is 12.6. The molecule has 1 heterocycles. The zero-order valence-corrected chi connectivity index (χ0v) is 17.0. The topological polar surface area (TPSA) is 69.6 Å². The molecule has 1 fully saturated rings. The molecular formula is C21H23ClN2O3S. The molecule has 1 saturated heterocycles. The molecule has 0 spiro atoms. The van der Waals surface area contributed by atoms with Crippen LogP contribution in [0.25, 0.3) is 0 Å².